The zero-order valence-electron chi connectivity index (χ0n) is 17.1. The van der Waals surface area contributed by atoms with Crippen molar-refractivity contribution in [3.63, 3.8) is 0 Å². The van der Waals surface area contributed by atoms with Gasteiger partial charge in [0.15, 0.2) is 0 Å². The quantitative estimate of drug-likeness (QED) is 0.397. The van der Waals surface area contributed by atoms with Crippen LogP contribution in [-0.4, -0.2) is 49.0 Å². The molecule has 1 saturated heterocycles. The van der Waals surface area contributed by atoms with E-state index < -0.39 is 28.7 Å². The average molecular weight is 416 g/mol. The van der Waals surface area contributed by atoms with Crippen LogP contribution in [0, 0.1) is 16.0 Å². The third kappa shape index (κ3) is 4.40. The largest absolute Gasteiger partial charge is 0.468 e. The van der Waals surface area contributed by atoms with Crippen molar-refractivity contribution in [3.8, 4) is 0 Å². The zero-order valence-corrected chi connectivity index (χ0v) is 17.1. The smallest absolute Gasteiger partial charge is 0.336 e. The second-order valence-corrected chi connectivity index (χ2v) is 7.32. The number of carbonyl (C=O) groups excluding carboxylic acids is 2. The molecule has 1 unspecified atom stereocenters. The van der Waals surface area contributed by atoms with Gasteiger partial charge in [-0.15, -0.1) is 0 Å². The number of hydrogen-bond donors (Lipinski definition) is 0. The summed E-state index contributed by atoms with van der Waals surface area (Å²) in [7, 11) is 1.25. The van der Waals surface area contributed by atoms with Gasteiger partial charge in [0.2, 0.25) is 0 Å². The Kier molecular flexibility index (Phi) is 6.61. The van der Waals surface area contributed by atoms with Gasteiger partial charge in [0, 0.05) is 36.1 Å². The monoisotopic (exact) mass is 416 g/mol. The van der Waals surface area contributed by atoms with Gasteiger partial charge in [-0.2, -0.15) is 0 Å². The maximum Gasteiger partial charge on any atom is 0.336 e. The van der Waals surface area contributed by atoms with Crippen LogP contribution in [0.15, 0.2) is 40.5 Å². The molecule has 0 aliphatic carbocycles. The Labute approximate surface area is 173 Å². The Morgan fingerprint density at radius 1 is 1.33 bits per heavy atom. The predicted octanol–water partition coefficient (Wildman–Crippen LogP) is 2.94. The summed E-state index contributed by atoms with van der Waals surface area (Å²) < 4.78 is 15.9. The van der Waals surface area contributed by atoms with Crippen LogP contribution >= 0.6 is 0 Å². The Hall–Kier alpha value is -3.07. The summed E-state index contributed by atoms with van der Waals surface area (Å²) in [6.45, 7) is 4.06. The molecule has 1 fully saturated rings. The second kappa shape index (κ2) is 9.17. The van der Waals surface area contributed by atoms with E-state index in [0.717, 1.165) is 12.8 Å². The second-order valence-electron chi connectivity index (χ2n) is 7.32. The molecule has 1 aromatic rings. The number of non-ortho nitro benzene ring substituents is 1. The third-order valence-electron chi connectivity index (χ3n) is 5.37. The first-order valence-corrected chi connectivity index (χ1v) is 9.70. The number of nitro groups is 1. The molecule has 3 rings (SSSR count). The molecule has 2 heterocycles. The molecule has 9 nitrogen and oxygen atoms in total. The van der Waals surface area contributed by atoms with Gasteiger partial charge in [0.05, 0.1) is 23.7 Å². The van der Waals surface area contributed by atoms with E-state index in [1.54, 1.807) is 19.9 Å². The van der Waals surface area contributed by atoms with Gasteiger partial charge in [0.1, 0.15) is 12.5 Å². The van der Waals surface area contributed by atoms with Crippen molar-refractivity contribution in [2.45, 2.75) is 38.7 Å². The highest BCUT2D eigenvalue weighted by molar-refractivity contribution is 6.07. The molecule has 2 aliphatic rings. The number of hydrogen-bond acceptors (Lipinski definition) is 8. The average Bonchev–Trinajstić information content (AvgIpc) is 3.24. The van der Waals surface area contributed by atoms with E-state index in [0.29, 0.717) is 23.6 Å². The lowest BCUT2D eigenvalue weighted by molar-refractivity contribution is -0.384. The van der Waals surface area contributed by atoms with E-state index in [-0.39, 0.29) is 24.0 Å². The van der Waals surface area contributed by atoms with E-state index in [1.807, 2.05) is 0 Å². The number of allylic oxidation sites excluding steroid dienone is 1. The van der Waals surface area contributed by atoms with Crippen molar-refractivity contribution in [2.24, 2.45) is 10.9 Å². The van der Waals surface area contributed by atoms with E-state index in [2.05, 4.69) is 4.99 Å². The van der Waals surface area contributed by atoms with Crippen molar-refractivity contribution in [1.82, 2.24) is 0 Å². The highest BCUT2D eigenvalue weighted by Gasteiger charge is 2.42. The highest BCUT2D eigenvalue weighted by Crippen LogP contribution is 2.41. The minimum atomic E-state index is -0.897. The number of esters is 2. The molecule has 0 spiro atoms. The lowest BCUT2D eigenvalue weighted by Crippen LogP contribution is -2.36. The maximum absolute atomic E-state index is 13.0. The van der Waals surface area contributed by atoms with Crippen LogP contribution in [0.25, 0.3) is 0 Å². The first-order valence-electron chi connectivity index (χ1n) is 9.70. The van der Waals surface area contributed by atoms with E-state index in [4.69, 9.17) is 14.2 Å². The molecule has 160 valence electrons. The summed E-state index contributed by atoms with van der Waals surface area (Å²) in [6.07, 6.45) is 1.56. The number of aliphatic imine (C=N–C) groups is 1. The van der Waals surface area contributed by atoms with Crippen LogP contribution in [-0.2, 0) is 23.8 Å². The minimum Gasteiger partial charge on any atom is -0.468 e. The van der Waals surface area contributed by atoms with Gasteiger partial charge >= 0.3 is 11.9 Å². The van der Waals surface area contributed by atoms with Gasteiger partial charge in [0.25, 0.3) is 5.69 Å². The third-order valence-corrected chi connectivity index (χ3v) is 5.37. The van der Waals surface area contributed by atoms with Crippen molar-refractivity contribution in [3.05, 3.63) is 51.2 Å². The normalized spacial score (nSPS) is 23.7. The fraction of sp³-hybridized carbons (Fsp3) is 0.476. The molecule has 1 aromatic carbocycles. The summed E-state index contributed by atoms with van der Waals surface area (Å²) in [5, 5.41) is 11.3. The first kappa shape index (κ1) is 21.6. The summed E-state index contributed by atoms with van der Waals surface area (Å²) in [5.74, 6) is -2.91. The minimum absolute atomic E-state index is 0.100. The highest BCUT2D eigenvalue weighted by atomic mass is 16.6. The molecule has 0 radical (unpaired) electrons. The van der Waals surface area contributed by atoms with E-state index in [9.17, 15) is 19.7 Å². The lowest BCUT2D eigenvalue weighted by atomic mass is 9.75. The van der Waals surface area contributed by atoms with Crippen molar-refractivity contribution < 1.29 is 28.7 Å². The zero-order chi connectivity index (χ0) is 21.8. The van der Waals surface area contributed by atoms with Gasteiger partial charge in [-0.1, -0.05) is 12.1 Å². The van der Waals surface area contributed by atoms with Gasteiger partial charge in [-0.05, 0) is 32.3 Å². The predicted molar refractivity (Wildman–Crippen MR) is 107 cm³/mol. The maximum atomic E-state index is 13.0. The molecule has 3 atom stereocenters. The van der Waals surface area contributed by atoms with Crippen LogP contribution in [0.1, 0.15) is 38.2 Å². The fourth-order valence-corrected chi connectivity index (χ4v) is 3.95. The van der Waals surface area contributed by atoms with Crippen molar-refractivity contribution >= 4 is 23.3 Å². The topological polar surface area (TPSA) is 117 Å². The molecule has 0 N–H and O–H groups in total. The van der Waals surface area contributed by atoms with Crippen molar-refractivity contribution in [2.75, 3.05) is 20.3 Å². The van der Waals surface area contributed by atoms with Gasteiger partial charge in [-0.25, -0.2) is 4.79 Å². The van der Waals surface area contributed by atoms with Crippen LogP contribution in [0.5, 0.6) is 0 Å². The molecule has 0 saturated carbocycles. The van der Waals surface area contributed by atoms with Gasteiger partial charge < -0.3 is 14.2 Å². The Balaban J connectivity index is 2.02. The number of benzene rings is 1. The Morgan fingerprint density at radius 3 is 2.73 bits per heavy atom. The first-order chi connectivity index (χ1) is 14.3. The van der Waals surface area contributed by atoms with Crippen molar-refractivity contribution in [1.29, 1.82) is 0 Å². The molecule has 30 heavy (non-hydrogen) atoms. The van der Waals surface area contributed by atoms with E-state index in [1.165, 1.54) is 25.3 Å². The number of nitro benzene ring substituents is 1. The van der Waals surface area contributed by atoms with Crippen LogP contribution in [0.4, 0.5) is 5.69 Å². The number of nitrogens with zero attached hydrogens (tertiary/aromatic N) is 2. The number of rotatable bonds is 6. The Morgan fingerprint density at radius 2 is 2.10 bits per heavy atom. The standard InChI is InChI=1S/C21H24N2O7/c1-12-17(20(24)28-3)19(14-6-4-7-15(10-14)23(26)27)18(13(2)22-12)21(25)30-11-16-8-5-9-29-16/h4,6-7,10,16-17,19H,5,8-9,11H2,1-3H3/t16-,17?,19+/m1/s1. The molecule has 0 amide bonds. The summed E-state index contributed by atoms with van der Waals surface area (Å²) >= 11 is 0. The fourth-order valence-electron chi connectivity index (χ4n) is 3.95. The SMILES string of the molecule is COC(=O)C1C(C)=NC(C)=C(C(=O)OC[C@H]2CCCO2)[C@H]1c1cccc([N+](=O)[O-])c1. The molecule has 0 bridgehead atoms. The molecule has 2 aliphatic heterocycles. The molecule has 0 aromatic heterocycles. The molecular weight excluding hydrogens is 392 g/mol. The van der Waals surface area contributed by atoms with Crippen LogP contribution in [0.3, 0.4) is 0 Å². The van der Waals surface area contributed by atoms with E-state index >= 15 is 0 Å². The number of methoxy groups -OCH3 is 1. The molecular formula is C21H24N2O7. The van der Waals surface area contributed by atoms with Crippen LogP contribution < -0.4 is 0 Å². The molecule has 9 heteroatoms. The summed E-state index contributed by atoms with van der Waals surface area (Å²) in [4.78, 5) is 40.8. The Bertz CT molecular complexity index is 916. The summed E-state index contributed by atoms with van der Waals surface area (Å²) in [6, 6.07) is 5.88. The van der Waals surface area contributed by atoms with Gasteiger partial charge in [-0.3, -0.25) is 19.9 Å². The van der Waals surface area contributed by atoms with Crippen LogP contribution in [0.2, 0.25) is 0 Å². The lowest BCUT2D eigenvalue weighted by Gasteiger charge is -2.31. The number of carbonyl (C=O) groups is 2. The number of ether oxygens (including phenoxy) is 3. The summed E-state index contributed by atoms with van der Waals surface area (Å²) in [5.41, 5.74) is 1.36.